The molecular weight excluding hydrogens is 182 g/mol. The molecule has 14 heavy (non-hydrogen) atoms. The smallest absolute Gasteiger partial charge is 0.0894 e. The van der Waals surface area contributed by atoms with Crippen LogP contribution >= 0.6 is 0 Å². The Labute approximate surface area is 85.0 Å². The number of nitrogens with one attached hydrogen (secondary N) is 1. The second-order valence-electron chi connectivity index (χ2n) is 4.13. The first-order valence-electron chi connectivity index (χ1n) is 5.38. The highest BCUT2D eigenvalue weighted by Crippen LogP contribution is 2.30. The van der Waals surface area contributed by atoms with Gasteiger partial charge in [0, 0.05) is 13.2 Å². The van der Waals surface area contributed by atoms with Crippen molar-refractivity contribution in [1.82, 2.24) is 5.32 Å². The molecule has 1 aliphatic rings. The van der Waals surface area contributed by atoms with Gasteiger partial charge in [0.05, 0.1) is 12.7 Å². The highest BCUT2D eigenvalue weighted by Gasteiger charge is 2.25. The van der Waals surface area contributed by atoms with Gasteiger partial charge >= 0.3 is 0 Å². The van der Waals surface area contributed by atoms with E-state index >= 15 is 0 Å². The molecule has 4 N–H and O–H groups in total. The van der Waals surface area contributed by atoms with Crippen molar-refractivity contribution in [2.45, 2.75) is 25.4 Å². The lowest BCUT2D eigenvalue weighted by atomic mass is 9.97. The van der Waals surface area contributed by atoms with E-state index in [0.29, 0.717) is 18.4 Å². The van der Waals surface area contributed by atoms with Gasteiger partial charge in [-0.25, -0.2) is 0 Å². The summed E-state index contributed by atoms with van der Waals surface area (Å²) in [6.45, 7) is 1.35. The van der Waals surface area contributed by atoms with Gasteiger partial charge in [-0.3, -0.25) is 0 Å². The van der Waals surface area contributed by atoms with E-state index in [1.54, 1.807) is 0 Å². The van der Waals surface area contributed by atoms with Gasteiger partial charge in [-0.1, -0.05) is 6.42 Å². The third kappa shape index (κ3) is 3.53. The summed E-state index contributed by atoms with van der Waals surface area (Å²) >= 11 is 0. The molecule has 84 valence electrons. The van der Waals surface area contributed by atoms with Crippen molar-refractivity contribution in [2.24, 2.45) is 11.8 Å². The van der Waals surface area contributed by atoms with E-state index in [0.717, 1.165) is 19.4 Å². The third-order valence-corrected chi connectivity index (χ3v) is 3.05. The zero-order valence-corrected chi connectivity index (χ0v) is 8.52. The predicted molar refractivity (Wildman–Crippen MR) is 53.9 cm³/mol. The van der Waals surface area contributed by atoms with E-state index in [-0.39, 0.29) is 13.2 Å². The molecule has 0 heterocycles. The average molecular weight is 203 g/mol. The Hall–Kier alpha value is -0.160. The second kappa shape index (κ2) is 6.35. The van der Waals surface area contributed by atoms with Crippen molar-refractivity contribution >= 4 is 0 Å². The van der Waals surface area contributed by atoms with Crippen molar-refractivity contribution < 1.29 is 15.3 Å². The number of aliphatic hydroxyl groups excluding tert-OH is 3. The van der Waals surface area contributed by atoms with E-state index in [1.807, 2.05) is 0 Å². The minimum atomic E-state index is -0.663. The van der Waals surface area contributed by atoms with Crippen molar-refractivity contribution in [1.29, 1.82) is 0 Å². The quantitative estimate of drug-likeness (QED) is 0.462. The molecule has 0 radical (unpaired) electrons. The van der Waals surface area contributed by atoms with Gasteiger partial charge in [0.25, 0.3) is 0 Å². The Balaban J connectivity index is 2.11. The number of hydrogen-bond acceptors (Lipinski definition) is 4. The lowest BCUT2D eigenvalue weighted by molar-refractivity contribution is 0.0922. The Morgan fingerprint density at radius 2 is 1.93 bits per heavy atom. The molecule has 3 atom stereocenters. The Morgan fingerprint density at radius 3 is 2.57 bits per heavy atom. The van der Waals surface area contributed by atoms with Crippen molar-refractivity contribution in [2.75, 3.05) is 26.3 Å². The molecule has 0 aromatic rings. The molecule has 1 fully saturated rings. The molecular formula is C10H21NO3. The fraction of sp³-hybridized carbons (Fsp3) is 1.00. The van der Waals surface area contributed by atoms with Gasteiger partial charge in [-0.05, 0) is 31.2 Å². The molecule has 1 rings (SSSR count). The third-order valence-electron chi connectivity index (χ3n) is 3.05. The van der Waals surface area contributed by atoms with Crippen molar-refractivity contribution in [3.8, 4) is 0 Å². The van der Waals surface area contributed by atoms with Crippen LogP contribution in [0.25, 0.3) is 0 Å². The Kier molecular flexibility index (Phi) is 5.40. The van der Waals surface area contributed by atoms with Crippen LogP contribution in [0, 0.1) is 11.8 Å². The van der Waals surface area contributed by atoms with Crippen LogP contribution in [-0.2, 0) is 0 Å². The molecule has 4 nitrogen and oxygen atoms in total. The number of rotatable bonds is 6. The molecule has 0 spiro atoms. The summed E-state index contributed by atoms with van der Waals surface area (Å²) in [7, 11) is 0. The van der Waals surface area contributed by atoms with Crippen molar-refractivity contribution in [3.05, 3.63) is 0 Å². The molecule has 1 saturated carbocycles. The number of aliphatic hydroxyl groups is 3. The first-order chi connectivity index (χ1) is 6.77. The minimum absolute atomic E-state index is 0.193. The summed E-state index contributed by atoms with van der Waals surface area (Å²) in [5.74, 6) is 0.958. The zero-order valence-electron chi connectivity index (χ0n) is 8.52. The summed E-state index contributed by atoms with van der Waals surface area (Å²) < 4.78 is 0. The molecule has 0 aliphatic heterocycles. The zero-order chi connectivity index (χ0) is 10.4. The van der Waals surface area contributed by atoms with E-state index < -0.39 is 6.10 Å². The van der Waals surface area contributed by atoms with E-state index in [9.17, 15) is 0 Å². The Bertz CT molecular complexity index is 154. The van der Waals surface area contributed by atoms with Crippen LogP contribution in [0.1, 0.15) is 19.3 Å². The minimum Gasteiger partial charge on any atom is -0.396 e. The second-order valence-corrected chi connectivity index (χ2v) is 4.13. The fourth-order valence-electron chi connectivity index (χ4n) is 2.12. The van der Waals surface area contributed by atoms with Gasteiger partial charge in [0.2, 0.25) is 0 Å². The molecule has 1 aliphatic carbocycles. The predicted octanol–water partition coefficient (Wildman–Crippen LogP) is -0.662. The summed E-state index contributed by atoms with van der Waals surface area (Å²) in [6, 6.07) is 0. The summed E-state index contributed by atoms with van der Waals surface area (Å²) in [6.07, 6.45) is 2.81. The average Bonchev–Trinajstić information content (AvgIpc) is 2.65. The molecule has 0 aromatic carbocycles. The summed E-state index contributed by atoms with van der Waals surface area (Å²) in [4.78, 5) is 0. The maximum atomic E-state index is 9.09. The molecule has 0 aromatic heterocycles. The highest BCUT2D eigenvalue weighted by molar-refractivity contribution is 4.78. The first kappa shape index (κ1) is 11.9. The maximum absolute atomic E-state index is 9.09. The lowest BCUT2D eigenvalue weighted by Gasteiger charge is -2.18. The van der Waals surface area contributed by atoms with Crippen LogP contribution in [0.2, 0.25) is 0 Å². The standard InChI is InChI=1S/C10H21NO3/c12-6-9-3-1-2-8(9)4-11-5-10(14)7-13/h8-14H,1-7H2/t8?,9?,10-/m0/s1. The van der Waals surface area contributed by atoms with E-state index in [1.165, 1.54) is 6.42 Å². The van der Waals surface area contributed by atoms with Gasteiger partial charge in [0.1, 0.15) is 0 Å². The SMILES string of the molecule is OCC1CCCC1CNC[C@H](O)CO. The highest BCUT2D eigenvalue weighted by atomic mass is 16.3. The van der Waals surface area contributed by atoms with Crippen LogP contribution in [0.15, 0.2) is 0 Å². The van der Waals surface area contributed by atoms with Crippen LogP contribution < -0.4 is 5.32 Å². The number of hydrogen-bond donors (Lipinski definition) is 4. The van der Waals surface area contributed by atoms with Crippen molar-refractivity contribution in [3.63, 3.8) is 0 Å². The molecule has 0 amide bonds. The van der Waals surface area contributed by atoms with E-state index in [2.05, 4.69) is 5.32 Å². The fourth-order valence-corrected chi connectivity index (χ4v) is 2.12. The topological polar surface area (TPSA) is 72.7 Å². The largest absolute Gasteiger partial charge is 0.396 e. The van der Waals surface area contributed by atoms with Crippen LogP contribution in [0.5, 0.6) is 0 Å². The van der Waals surface area contributed by atoms with Gasteiger partial charge < -0.3 is 20.6 Å². The van der Waals surface area contributed by atoms with Crippen LogP contribution in [0.4, 0.5) is 0 Å². The maximum Gasteiger partial charge on any atom is 0.0894 e. The lowest BCUT2D eigenvalue weighted by Crippen LogP contribution is -2.34. The normalized spacial score (nSPS) is 29.4. The molecule has 0 bridgehead atoms. The molecule has 2 unspecified atom stereocenters. The van der Waals surface area contributed by atoms with E-state index in [4.69, 9.17) is 15.3 Å². The summed E-state index contributed by atoms with van der Waals surface area (Å²) in [5, 5.41) is 29.9. The monoisotopic (exact) mass is 203 g/mol. The van der Waals surface area contributed by atoms with Gasteiger partial charge in [0.15, 0.2) is 0 Å². The van der Waals surface area contributed by atoms with Crippen LogP contribution in [0.3, 0.4) is 0 Å². The summed E-state index contributed by atoms with van der Waals surface area (Å²) in [5.41, 5.74) is 0. The van der Waals surface area contributed by atoms with Crippen LogP contribution in [-0.4, -0.2) is 47.7 Å². The molecule has 4 heteroatoms. The van der Waals surface area contributed by atoms with Gasteiger partial charge in [-0.2, -0.15) is 0 Å². The van der Waals surface area contributed by atoms with Gasteiger partial charge in [-0.15, -0.1) is 0 Å². The Morgan fingerprint density at radius 1 is 1.21 bits per heavy atom. The first-order valence-corrected chi connectivity index (χ1v) is 5.38. The molecule has 0 saturated heterocycles.